The summed E-state index contributed by atoms with van der Waals surface area (Å²) < 4.78 is 0. The molecular formula is C24H19ClN2OS. The number of thioether (sulfide) groups is 1. The molecule has 3 aromatic rings. The summed E-state index contributed by atoms with van der Waals surface area (Å²) in [5.41, 5.74) is 5.26. The maximum Gasteiger partial charge on any atom is 0.266 e. The van der Waals surface area contributed by atoms with Crippen molar-refractivity contribution >= 4 is 46.2 Å². The number of aryl methyl sites for hydroxylation is 1. The van der Waals surface area contributed by atoms with Gasteiger partial charge in [-0.2, -0.15) is 0 Å². The summed E-state index contributed by atoms with van der Waals surface area (Å²) in [6.07, 6.45) is 1.92. The van der Waals surface area contributed by atoms with Crippen LogP contribution in [0.3, 0.4) is 0 Å². The summed E-state index contributed by atoms with van der Waals surface area (Å²) in [6, 6.07) is 23.9. The molecule has 1 heterocycles. The van der Waals surface area contributed by atoms with Gasteiger partial charge in [0.1, 0.15) is 0 Å². The van der Waals surface area contributed by atoms with Gasteiger partial charge in [-0.25, -0.2) is 4.99 Å². The van der Waals surface area contributed by atoms with E-state index in [1.54, 1.807) is 24.1 Å². The molecule has 0 spiro atoms. The molecule has 0 radical (unpaired) electrons. The van der Waals surface area contributed by atoms with Gasteiger partial charge in [0, 0.05) is 12.1 Å². The van der Waals surface area contributed by atoms with Crippen LogP contribution in [0.25, 0.3) is 17.2 Å². The average molecular weight is 419 g/mol. The first-order valence-corrected chi connectivity index (χ1v) is 10.4. The zero-order valence-electron chi connectivity index (χ0n) is 16.1. The first kappa shape index (κ1) is 19.5. The van der Waals surface area contributed by atoms with E-state index in [0.717, 1.165) is 22.4 Å². The van der Waals surface area contributed by atoms with E-state index in [2.05, 4.69) is 48.3 Å². The Hall–Kier alpha value is -2.82. The lowest BCUT2D eigenvalue weighted by Gasteiger charge is -2.07. The van der Waals surface area contributed by atoms with Crippen LogP contribution in [0.4, 0.5) is 5.69 Å². The van der Waals surface area contributed by atoms with Crippen molar-refractivity contribution in [3.8, 4) is 11.1 Å². The molecule has 0 aromatic heterocycles. The zero-order valence-corrected chi connectivity index (χ0v) is 17.7. The number of halogens is 1. The summed E-state index contributed by atoms with van der Waals surface area (Å²) in [7, 11) is 1.74. The average Bonchev–Trinajstić information content (AvgIpc) is 2.98. The van der Waals surface area contributed by atoms with Crippen LogP contribution in [-0.2, 0) is 4.79 Å². The third-order valence-corrected chi connectivity index (χ3v) is 5.94. The number of carbonyl (C=O) groups excluding carboxylic acids is 1. The monoisotopic (exact) mass is 418 g/mol. The highest BCUT2D eigenvalue weighted by atomic mass is 35.5. The van der Waals surface area contributed by atoms with Gasteiger partial charge in [0.05, 0.1) is 10.6 Å². The van der Waals surface area contributed by atoms with Crippen LogP contribution in [0.5, 0.6) is 0 Å². The molecule has 3 nitrogen and oxygen atoms in total. The predicted octanol–water partition coefficient (Wildman–Crippen LogP) is 6.55. The second-order valence-corrected chi connectivity index (χ2v) is 8.28. The number of likely N-dealkylation sites (N-methyl/N-ethyl adjacent to an activating group) is 1. The van der Waals surface area contributed by atoms with Gasteiger partial charge in [-0.1, -0.05) is 59.6 Å². The third-order valence-electron chi connectivity index (χ3n) is 4.62. The molecule has 0 atom stereocenters. The normalized spacial score (nSPS) is 16.8. The molecule has 0 aliphatic carbocycles. The molecule has 1 aliphatic rings. The van der Waals surface area contributed by atoms with E-state index in [-0.39, 0.29) is 5.91 Å². The Kier molecular flexibility index (Phi) is 5.56. The van der Waals surface area contributed by atoms with Gasteiger partial charge in [-0.15, -0.1) is 0 Å². The van der Waals surface area contributed by atoms with E-state index in [9.17, 15) is 4.79 Å². The van der Waals surface area contributed by atoms with Crippen LogP contribution in [0.2, 0.25) is 5.02 Å². The Morgan fingerprint density at radius 3 is 2.41 bits per heavy atom. The summed E-state index contributed by atoms with van der Waals surface area (Å²) in [5, 5.41) is 1.31. The SMILES string of the molecule is Cc1ccc(-c2cccc(/C=C3\S/C(=N/c4ccc(Cl)cc4)N(C)C3=O)c2)cc1. The molecule has 0 saturated carbocycles. The van der Waals surface area contributed by atoms with Crippen LogP contribution in [-0.4, -0.2) is 23.0 Å². The van der Waals surface area contributed by atoms with Gasteiger partial charge in [0.2, 0.25) is 0 Å². The van der Waals surface area contributed by atoms with E-state index < -0.39 is 0 Å². The number of amides is 1. The fraction of sp³-hybridized carbons (Fsp3) is 0.0833. The quantitative estimate of drug-likeness (QED) is 0.452. The van der Waals surface area contributed by atoms with Gasteiger partial charge < -0.3 is 0 Å². The zero-order chi connectivity index (χ0) is 20.4. The van der Waals surface area contributed by atoms with Crippen molar-refractivity contribution < 1.29 is 4.79 Å². The highest BCUT2D eigenvalue weighted by Gasteiger charge is 2.30. The molecular weight excluding hydrogens is 400 g/mol. The smallest absolute Gasteiger partial charge is 0.266 e. The molecule has 0 unspecified atom stereocenters. The standard InChI is InChI=1S/C24H19ClN2OS/c1-16-6-8-18(9-7-16)19-5-3-4-17(14-19)15-22-23(28)27(2)24(29-22)26-21-12-10-20(25)11-13-21/h3-15H,1-2H3/b22-15-,26-24+. The summed E-state index contributed by atoms with van der Waals surface area (Å²) in [5.74, 6) is -0.0524. The van der Waals surface area contributed by atoms with Crippen LogP contribution >= 0.6 is 23.4 Å². The van der Waals surface area contributed by atoms with Crippen molar-refractivity contribution in [2.45, 2.75) is 6.92 Å². The molecule has 1 aliphatic heterocycles. The largest absolute Gasteiger partial charge is 0.290 e. The fourth-order valence-electron chi connectivity index (χ4n) is 2.98. The van der Waals surface area contributed by atoms with Crippen LogP contribution < -0.4 is 0 Å². The molecule has 29 heavy (non-hydrogen) atoms. The first-order chi connectivity index (χ1) is 14.0. The van der Waals surface area contributed by atoms with E-state index >= 15 is 0 Å². The summed E-state index contributed by atoms with van der Waals surface area (Å²) >= 11 is 7.31. The Balaban J connectivity index is 1.61. The molecule has 3 aromatic carbocycles. The van der Waals surface area contributed by atoms with Crippen molar-refractivity contribution in [1.29, 1.82) is 0 Å². The lowest BCUT2D eigenvalue weighted by atomic mass is 10.0. The summed E-state index contributed by atoms with van der Waals surface area (Å²) in [4.78, 5) is 19.5. The van der Waals surface area contributed by atoms with Crippen molar-refractivity contribution in [2.75, 3.05) is 7.05 Å². The van der Waals surface area contributed by atoms with Crippen LogP contribution in [0.1, 0.15) is 11.1 Å². The van der Waals surface area contributed by atoms with Crippen molar-refractivity contribution in [1.82, 2.24) is 4.90 Å². The molecule has 4 rings (SSSR count). The number of benzene rings is 3. The third kappa shape index (κ3) is 4.44. The van der Waals surface area contributed by atoms with Gasteiger partial charge in [-0.3, -0.25) is 9.69 Å². The van der Waals surface area contributed by atoms with Crippen molar-refractivity contribution in [3.63, 3.8) is 0 Å². The number of rotatable bonds is 3. The van der Waals surface area contributed by atoms with Crippen LogP contribution in [0.15, 0.2) is 82.7 Å². The molecule has 1 fully saturated rings. The lowest BCUT2D eigenvalue weighted by Crippen LogP contribution is -2.23. The fourth-order valence-corrected chi connectivity index (χ4v) is 4.10. The van der Waals surface area contributed by atoms with E-state index in [1.807, 2.05) is 30.3 Å². The second kappa shape index (κ2) is 8.27. The minimum absolute atomic E-state index is 0.0524. The van der Waals surface area contributed by atoms with Gasteiger partial charge in [-0.05, 0) is 71.8 Å². The highest BCUT2D eigenvalue weighted by Crippen LogP contribution is 2.34. The maximum absolute atomic E-state index is 12.7. The molecule has 1 amide bonds. The number of nitrogens with zero attached hydrogens (tertiary/aromatic N) is 2. The minimum Gasteiger partial charge on any atom is -0.290 e. The second-order valence-electron chi connectivity index (χ2n) is 6.84. The molecule has 0 N–H and O–H groups in total. The number of carbonyl (C=O) groups is 1. The lowest BCUT2D eigenvalue weighted by molar-refractivity contribution is -0.121. The molecule has 144 valence electrons. The van der Waals surface area contributed by atoms with Crippen LogP contribution in [0, 0.1) is 6.92 Å². The number of amidine groups is 1. The summed E-state index contributed by atoms with van der Waals surface area (Å²) in [6.45, 7) is 2.08. The van der Waals surface area contributed by atoms with Gasteiger partial charge in [0.25, 0.3) is 5.91 Å². The van der Waals surface area contributed by atoms with E-state index in [0.29, 0.717) is 15.1 Å². The minimum atomic E-state index is -0.0524. The maximum atomic E-state index is 12.7. The predicted molar refractivity (Wildman–Crippen MR) is 123 cm³/mol. The highest BCUT2D eigenvalue weighted by molar-refractivity contribution is 8.18. The molecule has 1 saturated heterocycles. The number of aliphatic imine (C=N–C) groups is 1. The number of hydrogen-bond donors (Lipinski definition) is 0. The first-order valence-electron chi connectivity index (χ1n) is 9.18. The van der Waals surface area contributed by atoms with Gasteiger partial charge in [0.15, 0.2) is 5.17 Å². The Labute approximate surface area is 179 Å². The number of hydrogen-bond acceptors (Lipinski definition) is 3. The molecule has 5 heteroatoms. The van der Waals surface area contributed by atoms with Gasteiger partial charge >= 0.3 is 0 Å². The molecule has 0 bridgehead atoms. The van der Waals surface area contributed by atoms with E-state index in [1.165, 1.54) is 17.3 Å². The van der Waals surface area contributed by atoms with Crippen molar-refractivity contribution in [3.05, 3.63) is 93.9 Å². The Morgan fingerprint density at radius 1 is 0.966 bits per heavy atom. The Bertz CT molecular complexity index is 1120. The van der Waals surface area contributed by atoms with E-state index in [4.69, 9.17) is 11.6 Å². The van der Waals surface area contributed by atoms with Crippen molar-refractivity contribution in [2.24, 2.45) is 4.99 Å². The topological polar surface area (TPSA) is 32.7 Å². The Morgan fingerprint density at radius 2 is 1.69 bits per heavy atom.